The summed E-state index contributed by atoms with van der Waals surface area (Å²) in [5.74, 6) is -1.58. The van der Waals surface area contributed by atoms with Crippen LogP contribution in [0.15, 0.2) is 36.5 Å². The Morgan fingerprint density at radius 2 is 2.05 bits per heavy atom. The minimum absolute atomic E-state index is 0.0688. The Labute approximate surface area is 115 Å². The molecule has 2 aromatic rings. The van der Waals surface area contributed by atoms with Gasteiger partial charge in [0, 0.05) is 18.1 Å². The highest BCUT2D eigenvalue weighted by molar-refractivity contribution is 5.99. The molecule has 20 heavy (non-hydrogen) atoms. The average Bonchev–Trinajstić information content (AvgIpc) is 2.45. The Balaban J connectivity index is 2.05. The number of hydrogen-bond acceptors (Lipinski definition) is 3. The van der Waals surface area contributed by atoms with Crippen LogP contribution in [0.3, 0.4) is 0 Å². The Hall–Kier alpha value is -2.63. The molecule has 104 valence electrons. The van der Waals surface area contributed by atoms with Gasteiger partial charge in [-0.1, -0.05) is 25.1 Å². The maximum Gasteiger partial charge on any atom is 0.319 e. The van der Waals surface area contributed by atoms with Crippen LogP contribution in [0.2, 0.25) is 0 Å². The van der Waals surface area contributed by atoms with Crippen molar-refractivity contribution in [1.82, 2.24) is 10.3 Å². The molecular weight excluding hydrogens is 258 g/mol. The summed E-state index contributed by atoms with van der Waals surface area (Å²) in [4.78, 5) is 26.6. The van der Waals surface area contributed by atoms with E-state index in [9.17, 15) is 9.59 Å². The number of anilines is 1. The van der Waals surface area contributed by atoms with Gasteiger partial charge in [0.1, 0.15) is 0 Å². The summed E-state index contributed by atoms with van der Waals surface area (Å²) < 4.78 is 0. The van der Waals surface area contributed by atoms with Crippen molar-refractivity contribution in [2.75, 3.05) is 11.9 Å². The number of hydrogen-bond donors (Lipinski definition) is 3. The highest BCUT2D eigenvalue weighted by Crippen LogP contribution is 2.20. The number of urea groups is 1. The van der Waals surface area contributed by atoms with Gasteiger partial charge in [-0.15, -0.1) is 0 Å². The zero-order valence-corrected chi connectivity index (χ0v) is 11.0. The lowest BCUT2D eigenvalue weighted by Crippen LogP contribution is -2.34. The lowest BCUT2D eigenvalue weighted by molar-refractivity contribution is -0.140. The van der Waals surface area contributed by atoms with Gasteiger partial charge in [0.05, 0.1) is 17.1 Å². The number of amides is 2. The number of carboxylic acid groups (broad SMARTS) is 1. The first-order valence-electron chi connectivity index (χ1n) is 6.19. The molecule has 1 aromatic heterocycles. The monoisotopic (exact) mass is 273 g/mol. The number of fused-ring (bicyclic) bond motifs is 1. The van der Waals surface area contributed by atoms with E-state index >= 15 is 0 Å². The summed E-state index contributed by atoms with van der Waals surface area (Å²) in [6.07, 6.45) is 1.65. The molecule has 2 rings (SSSR count). The molecular formula is C14H15N3O3. The first kappa shape index (κ1) is 13.8. The van der Waals surface area contributed by atoms with Crippen molar-refractivity contribution < 1.29 is 14.7 Å². The molecule has 0 aliphatic rings. The summed E-state index contributed by atoms with van der Waals surface area (Å²) in [7, 11) is 0. The van der Waals surface area contributed by atoms with E-state index in [-0.39, 0.29) is 6.54 Å². The van der Waals surface area contributed by atoms with Crippen LogP contribution in [0.5, 0.6) is 0 Å². The number of carbonyl (C=O) groups is 2. The van der Waals surface area contributed by atoms with Crippen LogP contribution in [0, 0.1) is 5.92 Å². The van der Waals surface area contributed by atoms with Crippen molar-refractivity contribution in [3.05, 3.63) is 36.5 Å². The van der Waals surface area contributed by atoms with Gasteiger partial charge in [-0.3, -0.25) is 9.78 Å². The number of nitrogens with zero attached hydrogens (tertiary/aromatic N) is 1. The highest BCUT2D eigenvalue weighted by atomic mass is 16.4. The fraction of sp³-hybridized carbons (Fsp3) is 0.214. The van der Waals surface area contributed by atoms with E-state index in [1.54, 1.807) is 12.3 Å². The molecule has 0 saturated carbocycles. The van der Waals surface area contributed by atoms with Crippen LogP contribution in [-0.2, 0) is 4.79 Å². The molecule has 0 aliphatic carbocycles. The fourth-order valence-electron chi connectivity index (χ4n) is 1.70. The summed E-state index contributed by atoms with van der Waals surface area (Å²) in [5.41, 5.74) is 1.28. The van der Waals surface area contributed by atoms with Crippen LogP contribution in [0.4, 0.5) is 10.5 Å². The molecule has 1 unspecified atom stereocenters. The van der Waals surface area contributed by atoms with E-state index in [2.05, 4.69) is 15.6 Å². The SMILES string of the molecule is CC(CNC(=O)Nc1cccc2cccnc12)C(=O)O. The van der Waals surface area contributed by atoms with E-state index in [4.69, 9.17) is 5.11 Å². The summed E-state index contributed by atoms with van der Waals surface area (Å²) in [6.45, 7) is 1.60. The van der Waals surface area contributed by atoms with Crippen LogP contribution in [-0.4, -0.2) is 28.6 Å². The topological polar surface area (TPSA) is 91.3 Å². The Morgan fingerprint density at radius 1 is 1.30 bits per heavy atom. The molecule has 0 fully saturated rings. The van der Waals surface area contributed by atoms with Gasteiger partial charge in [0.25, 0.3) is 0 Å². The van der Waals surface area contributed by atoms with E-state index in [0.29, 0.717) is 11.2 Å². The van der Waals surface area contributed by atoms with Crippen LogP contribution in [0.25, 0.3) is 10.9 Å². The van der Waals surface area contributed by atoms with Crippen LogP contribution in [0.1, 0.15) is 6.92 Å². The molecule has 0 radical (unpaired) electrons. The summed E-state index contributed by atoms with van der Waals surface area (Å²) in [5, 5.41) is 14.9. The molecule has 3 N–H and O–H groups in total. The molecule has 6 heteroatoms. The molecule has 0 bridgehead atoms. The van der Waals surface area contributed by atoms with Crippen molar-refractivity contribution in [2.45, 2.75) is 6.92 Å². The molecule has 0 saturated heterocycles. The van der Waals surface area contributed by atoms with Gasteiger partial charge in [0.15, 0.2) is 0 Å². The van der Waals surface area contributed by atoms with E-state index < -0.39 is 17.9 Å². The lowest BCUT2D eigenvalue weighted by Gasteiger charge is -2.11. The first-order chi connectivity index (χ1) is 9.58. The smallest absolute Gasteiger partial charge is 0.319 e. The van der Waals surface area contributed by atoms with E-state index in [0.717, 1.165) is 5.39 Å². The number of aromatic nitrogens is 1. The zero-order valence-electron chi connectivity index (χ0n) is 11.0. The fourth-order valence-corrected chi connectivity index (χ4v) is 1.70. The summed E-state index contributed by atoms with van der Waals surface area (Å²) >= 11 is 0. The van der Waals surface area contributed by atoms with Gasteiger partial charge in [-0.2, -0.15) is 0 Å². The van der Waals surface area contributed by atoms with Crippen molar-refractivity contribution in [3.8, 4) is 0 Å². The second kappa shape index (κ2) is 6.01. The van der Waals surface area contributed by atoms with Gasteiger partial charge >= 0.3 is 12.0 Å². The molecule has 1 aromatic carbocycles. The van der Waals surface area contributed by atoms with Gasteiger partial charge in [-0.25, -0.2) is 4.79 Å². The number of nitrogens with one attached hydrogen (secondary N) is 2. The van der Waals surface area contributed by atoms with Gasteiger partial charge in [0.2, 0.25) is 0 Å². The average molecular weight is 273 g/mol. The highest BCUT2D eigenvalue weighted by Gasteiger charge is 2.12. The second-order valence-corrected chi connectivity index (χ2v) is 4.46. The van der Waals surface area contributed by atoms with Crippen LogP contribution >= 0.6 is 0 Å². The van der Waals surface area contributed by atoms with Gasteiger partial charge < -0.3 is 15.7 Å². The number of para-hydroxylation sites is 1. The van der Waals surface area contributed by atoms with Crippen molar-refractivity contribution >= 4 is 28.6 Å². The van der Waals surface area contributed by atoms with Crippen molar-refractivity contribution in [2.24, 2.45) is 5.92 Å². The molecule has 0 spiro atoms. The molecule has 0 aliphatic heterocycles. The van der Waals surface area contributed by atoms with Crippen molar-refractivity contribution in [3.63, 3.8) is 0 Å². The third-order valence-corrected chi connectivity index (χ3v) is 2.87. The minimum Gasteiger partial charge on any atom is -0.481 e. The quantitative estimate of drug-likeness (QED) is 0.795. The lowest BCUT2D eigenvalue weighted by atomic mass is 10.2. The predicted octanol–water partition coefficient (Wildman–Crippen LogP) is 2.08. The number of aliphatic carboxylic acids is 1. The third kappa shape index (κ3) is 3.23. The number of pyridine rings is 1. The Bertz CT molecular complexity index is 637. The predicted molar refractivity (Wildman–Crippen MR) is 75.6 cm³/mol. The number of benzene rings is 1. The van der Waals surface area contributed by atoms with Gasteiger partial charge in [-0.05, 0) is 12.1 Å². The third-order valence-electron chi connectivity index (χ3n) is 2.87. The molecule has 2 amide bonds. The maximum absolute atomic E-state index is 11.7. The zero-order chi connectivity index (χ0) is 14.5. The first-order valence-corrected chi connectivity index (χ1v) is 6.19. The number of carboxylic acids is 1. The van der Waals surface area contributed by atoms with Crippen molar-refractivity contribution in [1.29, 1.82) is 0 Å². The molecule has 1 heterocycles. The minimum atomic E-state index is -0.947. The maximum atomic E-state index is 11.7. The standard InChI is InChI=1S/C14H15N3O3/c1-9(13(18)19)8-16-14(20)17-11-6-2-4-10-5-3-7-15-12(10)11/h2-7,9H,8H2,1H3,(H,18,19)(H2,16,17,20). The number of carbonyl (C=O) groups excluding carboxylic acids is 1. The second-order valence-electron chi connectivity index (χ2n) is 4.46. The Kier molecular flexibility index (Phi) is 4.14. The number of rotatable bonds is 4. The Morgan fingerprint density at radius 3 is 2.80 bits per heavy atom. The normalized spacial score (nSPS) is 11.8. The largest absolute Gasteiger partial charge is 0.481 e. The van der Waals surface area contributed by atoms with Crippen LogP contribution < -0.4 is 10.6 Å². The summed E-state index contributed by atoms with van der Waals surface area (Å²) in [6, 6.07) is 8.74. The van der Waals surface area contributed by atoms with E-state index in [1.807, 2.05) is 24.3 Å². The molecule has 1 atom stereocenters. The molecule has 6 nitrogen and oxygen atoms in total. The van der Waals surface area contributed by atoms with E-state index in [1.165, 1.54) is 6.92 Å².